The molecule has 1 aliphatic heterocycles. The van der Waals surface area contributed by atoms with E-state index >= 15 is 0 Å². The number of nitrogens with zero attached hydrogens (tertiary/aromatic N) is 1. The number of carboxylic acids is 1. The van der Waals surface area contributed by atoms with Gasteiger partial charge in [-0.1, -0.05) is 6.07 Å². The van der Waals surface area contributed by atoms with Crippen molar-refractivity contribution in [2.75, 3.05) is 26.3 Å². The summed E-state index contributed by atoms with van der Waals surface area (Å²) in [5.41, 5.74) is 0.474. The average molecular weight is 297 g/mol. The van der Waals surface area contributed by atoms with Crippen molar-refractivity contribution in [3.63, 3.8) is 0 Å². The number of halogens is 1. The molecule has 116 valence electrons. The molecule has 1 saturated heterocycles. The molecule has 21 heavy (non-hydrogen) atoms. The molecule has 1 aromatic carbocycles. The third-order valence-electron chi connectivity index (χ3n) is 3.65. The van der Waals surface area contributed by atoms with E-state index in [1.54, 1.807) is 6.07 Å². The van der Waals surface area contributed by atoms with E-state index in [4.69, 9.17) is 14.9 Å². The number of ether oxygens (including phenoxy) is 1. The lowest BCUT2D eigenvalue weighted by Crippen LogP contribution is -2.36. The lowest BCUT2D eigenvalue weighted by molar-refractivity contribution is -0.00902. The number of hydrogen-bond acceptors (Lipinski definition) is 4. The van der Waals surface area contributed by atoms with Crippen LogP contribution in [0.3, 0.4) is 0 Å². The Morgan fingerprint density at radius 3 is 2.67 bits per heavy atom. The molecule has 1 aromatic rings. The maximum atomic E-state index is 13.6. The van der Waals surface area contributed by atoms with E-state index in [1.165, 1.54) is 12.1 Å². The van der Waals surface area contributed by atoms with Crippen LogP contribution in [0.5, 0.6) is 0 Å². The van der Waals surface area contributed by atoms with E-state index in [-0.39, 0.29) is 18.3 Å². The predicted molar refractivity (Wildman–Crippen MR) is 74.7 cm³/mol. The SMILES string of the molecule is O=C(O)c1ccc(CN2CCC(OCCO)CC2)cc1F. The van der Waals surface area contributed by atoms with Gasteiger partial charge in [0.2, 0.25) is 0 Å². The molecule has 6 heteroatoms. The minimum atomic E-state index is -1.25. The van der Waals surface area contributed by atoms with Crippen LogP contribution in [-0.4, -0.2) is 53.5 Å². The molecule has 0 saturated carbocycles. The summed E-state index contributed by atoms with van der Waals surface area (Å²) in [6, 6.07) is 4.25. The lowest BCUT2D eigenvalue weighted by Gasteiger charge is -2.31. The number of carbonyl (C=O) groups is 1. The standard InChI is InChI=1S/C15H20FNO4/c16-14-9-11(1-2-13(14)15(19)20)10-17-5-3-12(4-6-17)21-8-7-18/h1-2,9,12,18H,3-8,10H2,(H,19,20). The minimum absolute atomic E-state index is 0.0371. The van der Waals surface area contributed by atoms with E-state index in [0.717, 1.165) is 31.5 Å². The molecule has 1 heterocycles. The number of hydrogen-bond donors (Lipinski definition) is 2. The quantitative estimate of drug-likeness (QED) is 0.832. The summed E-state index contributed by atoms with van der Waals surface area (Å²) in [6.07, 6.45) is 1.95. The van der Waals surface area contributed by atoms with Gasteiger partial charge in [-0.05, 0) is 30.5 Å². The van der Waals surface area contributed by atoms with E-state index in [9.17, 15) is 9.18 Å². The Morgan fingerprint density at radius 1 is 1.38 bits per heavy atom. The van der Waals surface area contributed by atoms with Gasteiger partial charge >= 0.3 is 5.97 Å². The first kappa shape index (κ1) is 15.9. The van der Waals surface area contributed by atoms with Crippen LogP contribution in [0.2, 0.25) is 0 Å². The molecule has 0 aromatic heterocycles. The highest BCUT2D eigenvalue weighted by Gasteiger charge is 2.20. The Labute approximate surface area is 122 Å². The van der Waals surface area contributed by atoms with Gasteiger partial charge in [0, 0.05) is 19.6 Å². The van der Waals surface area contributed by atoms with Crippen LogP contribution in [0.4, 0.5) is 4.39 Å². The molecule has 2 rings (SSSR count). The van der Waals surface area contributed by atoms with Crippen LogP contribution >= 0.6 is 0 Å². The van der Waals surface area contributed by atoms with Crippen LogP contribution in [0.15, 0.2) is 18.2 Å². The number of aromatic carboxylic acids is 1. The Bertz CT molecular complexity index is 487. The maximum absolute atomic E-state index is 13.6. The summed E-state index contributed by atoms with van der Waals surface area (Å²) in [4.78, 5) is 13.0. The third-order valence-corrected chi connectivity index (χ3v) is 3.65. The summed E-state index contributed by atoms with van der Waals surface area (Å²) in [7, 11) is 0. The molecule has 1 fully saturated rings. The first-order valence-corrected chi connectivity index (χ1v) is 7.06. The highest BCUT2D eigenvalue weighted by atomic mass is 19.1. The highest BCUT2D eigenvalue weighted by Crippen LogP contribution is 2.18. The summed E-state index contributed by atoms with van der Waals surface area (Å²) in [5.74, 6) is -1.94. The van der Waals surface area contributed by atoms with Crippen molar-refractivity contribution in [2.45, 2.75) is 25.5 Å². The zero-order chi connectivity index (χ0) is 15.2. The van der Waals surface area contributed by atoms with Gasteiger partial charge in [-0.2, -0.15) is 0 Å². The normalized spacial score (nSPS) is 17.0. The van der Waals surface area contributed by atoms with E-state index in [0.29, 0.717) is 13.2 Å². The smallest absolute Gasteiger partial charge is 0.338 e. The first-order chi connectivity index (χ1) is 10.1. The molecule has 0 bridgehead atoms. The number of piperidine rings is 1. The van der Waals surface area contributed by atoms with E-state index < -0.39 is 11.8 Å². The zero-order valence-corrected chi connectivity index (χ0v) is 11.8. The van der Waals surface area contributed by atoms with Crippen LogP contribution in [-0.2, 0) is 11.3 Å². The van der Waals surface area contributed by atoms with Crippen molar-refractivity contribution < 1.29 is 24.1 Å². The largest absolute Gasteiger partial charge is 0.478 e. The van der Waals surface area contributed by atoms with Gasteiger partial charge in [0.25, 0.3) is 0 Å². The zero-order valence-electron chi connectivity index (χ0n) is 11.8. The molecular formula is C15H20FNO4. The molecule has 0 aliphatic carbocycles. The van der Waals surface area contributed by atoms with Gasteiger partial charge in [-0.15, -0.1) is 0 Å². The summed E-state index contributed by atoms with van der Waals surface area (Å²) in [5, 5.41) is 17.5. The van der Waals surface area contributed by atoms with Crippen LogP contribution in [0.1, 0.15) is 28.8 Å². The van der Waals surface area contributed by atoms with Crippen molar-refractivity contribution in [1.82, 2.24) is 4.90 Å². The number of likely N-dealkylation sites (tertiary alicyclic amines) is 1. The predicted octanol–water partition coefficient (Wildman–Crippen LogP) is 1.50. The maximum Gasteiger partial charge on any atom is 0.338 e. The molecule has 2 N–H and O–H groups in total. The molecule has 0 unspecified atom stereocenters. The molecule has 5 nitrogen and oxygen atoms in total. The van der Waals surface area contributed by atoms with Gasteiger partial charge in [0.05, 0.1) is 24.9 Å². The number of carboxylic acid groups (broad SMARTS) is 1. The van der Waals surface area contributed by atoms with Gasteiger partial charge in [-0.3, -0.25) is 4.90 Å². The number of aliphatic hydroxyl groups is 1. The van der Waals surface area contributed by atoms with Crippen molar-refractivity contribution in [3.8, 4) is 0 Å². The monoisotopic (exact) mass is 297 g/mol. The van der Waals surface area contributed by atoms with Crippen molar-refractivity contribution in [2.24, 2.45) is 0 Å². The molecule has 1 aliphatic rings. The Morgan fingerprint density at radius 2 is 2.10 bits per heavy atom. The van der Waals surface area contributed by atoms with Crippen molar-refractivity contribution >= 4 is 5.97 Å². The Balaban J connectivity index is 1.86. The first-order valence-electron chi connectivity index (χ1n) is 7.06. The van der Waals surface area contributed by atoms with E-state index in [1.807, 2.05) is 0 Å². The molecular weight excluding hydrogens is 277 g/mol. The van der Waals surface area contributed by atoms with Crippen molar-refractivity contribution in [3.05, 3.63) is 35.1 Å². The van der Waals surface area contributed by atoms with Gasteiger partial charge in [0.1, 0.15) is 5.82 Å². The van der Waals surface area contributed by atoms with Gasteiger partial charge < -0.3 is 14.9 Å². The summed E-state index contributed by atoms with van der Waals surface area (Å²) < 4.78 is 19.1. The fourth-order valence-corrected chi connectivity index (χ4v) is 2.54. The summed E-state index contributed by atoms with van der Waals surface area (Å²) >= 11 is 0. The Kier molecular flexibility index (Phi) is 5.67. The fraction of sp³-hybridized carbons (Fsp3) is 0.533. The van der Waals surface area contributed by atoms with Crippen molar-refractivity contribution in [1.29, 1.82) is 0 Å². The molecule has 0 amide bonds. The summed E-state index contributed by atoms with van der Waals surface area (Å²) in [6.45, 7) is 2.70. The second kappa shape index (κ2) is 7.49. The Hall–Kier alpha value is -1.50. The van der Waals surface area contributed by atoms with Crippen LogP contribution in [0, 0.1) is 5.82 Å². The second-order valence-corrected chi connectivity index (χ2v) is 5.19. The second-order valence-electron chi connectivity index (χ2n) is 5.19. The van der Waals surface area contributed by atoms with Crippen LogP contribution < -0.4 is 0 Å². The number of aliphatic hydroxyl groups excluding tert-OH is 1. The molecule has 0 spiro atoms. The number of rotatable bonds is 6. The lowest BCUT2D eigenvalue weighted by atomic mass is 10.1. The van der Waals surface area contributed by atoms with E-state index in [2.05, 4.69) is 4.90 Å². The molecule has 0 radical (unpaired) electrons. The fourth-order valence-electron chi connectivity index (χ4n) is 2.54. The number of benzene rings is 1. The van der Waals surface area contributed by atoms with Gasteiger partial charge in [-0.25, -0.2) is 9.18 Å². The minimum Gasteiger partial charge on any atom is -0.478 e. The average Bonchev–Trinajstić information content (AvgIpc) is 2.46. The third kappa shape index (κ3) is 4.49. The van der Waals surface area contributed by atoms with Gasteiger partial charge in [0.15, 0.2) is 0 Å². The topological polar surface area (TPSA) is 70.0 Å². The molecule has 0 atom stereocenters. The van der Waals surface area contributed by atoms with Crippen LogP contribution in [0.25, 0.3) is 0 Å². The highest BCUT2D eigenvalue weighted by molar-refractivity contribution is 5.87.